The Labute approximate surface area is 176 Å². The lowest BCUT2D eigenvalue weighted by atomic mass is 9.86. The third-order valence-corrected chi connectivity index (χ3v) is 5.67. The van der Waals surface area contributed by atoms with Gasteiger partial charge in [-0.25, -0.2) is 0 Å². The molecule has 29 heavy (non-hydrogen) atoms. The first-order valence-electron chi connectivity index (χ1n) is 11.1. The van der Waals surface area contributed by atoms with Crippen molar-refractivity contribution in [3.8, 4) is 0 Å². The van der Waals surface area contributed by atoms with E-state index in [1.807, 2.05) is 19.1 Å². The lowest BCUT2D eigenvalue weighted by Crippen LogP contribution is -2.40. The zero-order chi connectivity index (χ0) is 21.2. The fourth-order valence-electron chi connectivity index (χ4n) is 4.13. The highest BCUT2D eigenvalue weighted by Gasteiger charge is 2.25. The van der Waals surface area contributed by atoms with Crippen molar-refractivity contribution in [2.75, 3.05) is 26.2 Å². The monoisotopic (exact) mass is 399 g/mol. The van der Waals surface area contributed by atoms with Gasteiger partial charge in [0.15, 0.2) is 0 Å². The molecule has 1 amide bonds. The first-order valence-corrected chi connectivity index (χ1v) is 11.1. The Hall–Kier alpha value is -2.01. The van der Waals surface area contributed by atoms with Gasteiger partial charge >= 0.3 is 0 Å². The van der Waals surface area contributed by atoms with Crippen LogP contribution in [0, 0.1) is 5.92 Å². The van der Waals surface area contributed by atoms with Gasteiger partial charge in [-0.1, -0.05) is 39.3 Å². The molecular formula is C24H37N3O2. The summed E-state index contributed by atoms with van der Waals surface area (Å²) < 4.78 is 0. The number of hydrogen-bond donors (Lipinski definition) is 1. The molecule has 1 atom stereocenters. The Morgan fingerprint density at radius 3 is 2.59 bits per heavy atom. The van der Waals surface area contributed by atoms with Gasteiger partial charge in [-0.05, 0) is 57.7 Å². The fraction of sp³-hybridized carbons (Fsp3) is 0.625. The molecule has 1 fully saturated rings. The summed E-state index contributed by atoms with van der Waals surface area (Å²) in [7, 11) is 0. The minimum Gasteiger partial charge on any atom is -0.348 e. The maximum atomic E-state index is 12.9. The molecule has 0 aromatic carbocycles. The first kappa shape index (κ1) is 23.3. The molecule has 5 nitrogen and oxygen atoms in total. The predicted octanol–water partition coefficient (Wildman–Crippen LogP) is 4.20. The van der Waals surface area contributed by atoms with Crippen LogP contribution in [0.3, 0.4) is 0 Å². The average molecular weight is 400 g/mol. The van der Waals surface area contributed by atoms with Gasteiger partial charge < -0.3 is 10.2 Å². The normalized spacial score (nSPS) is 16.7. The van der Waals surface area contributed by atoms with Crippen LogP contribution in [0.2, 0.25) is 0 Å². The summed E-state index contributed by atoms with van der Waals surface area (Å²) in [6, 6.07) is 3.76. The number of piperidine rings is 1. The highest BCUT2D eigenvalue weighted by atomic mass is 16.2. The van der Waals surface area contributed by atoms with Crippen LogP contribution in [0.4, 0.5) is 0 Å². The lowest BCUT2D eigenvalue weighted by Gasteiger charge is -2.26. The van der Waals surface area contributed by atoms with E-state index in [0.29, 0.717) is 18.0 Å². The van der Waals surface area contributed by atoms with Crippen molar-refractivity contribution < 1.29 is 9.59 Å². The van der Waals surface area contributed by atoms with Crippen LogP contribution in [0.5, 0.6) is 0 Å². The van der Waals surface area contributed by atoms with Gasteiger partial charge in [0.2, 0.25) is 5.78 Å². The largest absolute Gasteiger partial charge is 0.348 e. The third kappa shape index (κ3) is 6.77. The van der Waals surface area contributed by atoms with Crippen molar-refractivity contribution in [2.24, 2.45) is 5.92 Å². The third-order valence-electron chi connectivity index (χ3n) is 5.67. The minimum atomic E-state index is -0.526. The van der Waals surface area contributed by atoms with E-state index in [4.69, 9.17) is 0 Å². The van der Waals surface area contributed by atoms with Crippen molar-refractivity contribution in [2.45, 2.75) is 65.7 Å². The molecule has 0 aliphatic carbocycles. The molecule has 160 valence electrons. The average Bonchev–Trinajstić information content (AvgIpc) is 2.73. The zero-order valence-corrected chi connectivity index (χ0v) is 18.5. The molecule has 0 radical (unpaired) electrons. The van der Waals surface area contributed by atoms with Gasteiger partial charge in [0, 0.05) is 36.3 Å². The zero-order valence-electron chi connectivity index (χ0n) is 18.5. The molecule has 1 aromatic heterocycles. The second kappa shape index (κ2) is 11.9. The van der Waals surface area contributed by atoms with Gasteiger partial charge in [0.1, 0.15) is 0 Å². The number of likely N-dealkylation sites (tertiary alicyclic amines) is 1. The molecule has 0 saturated carbocycles. The smallest absolute Gasteiger partial charge is 0.292 e. The summed E-state index contributed by atoms with van der Waals surface area (Å²) in [5.74, 6) is -0.185. The minimum absolute atomic E-state index is 0.274. The number of ketones is 1. The number of nitrogens with one attached hydrogen (secondary N) is 1. The summed E-state index contributed by atoms with van der Waals surface area (Å²) in [5, 5.41) is 2.82. The molecular weight excluding hydrogens is 362 g/mol. The van der Waals surface area contributed by atoms with Crippen molar-refractivity contribution in [3.05, 3.63) is 35.7 Å². The lowest BCUT2D eigenvalue weighted by molar-refractivity contribution is -0.134. The van der Waals surface area contributed by atoms with Crippen LogP contribution in [-0.4, -0.2) is 47.8 Å². The topological polar surface area (TPSA) is 62.3 Å². The fourth-order valence-corrected chi connectivity index (χ4v) is 4.13. The molecule has 2 rings (SSSR count). The summed E-state index contributed by atoms with van der Waals surface area (Å²) in [4.78, 5) is 32.4. The number of pyridine rings is 1. The number of aromatic nitrogens is 1. The SMILES string of the molecule is CC=C(C(=O)C(=O)NCCN1CCCCC1)c1cccnc1C(CC)CC(C)C. The van der Waals surface area contributed by atoms with Crippen molar-refractivity contribution in [3.63, 3.8) is 0 Å². The number of rotatable bonds is 10. The predicted molar refractivity (Wildman–Crippen MR) is 119 cm³/mol. The number of carbonyl (C=O) groups is 2. The van der Waals surface area contributed by atoms with Gasteiger partial charge in [-0.3, -0.25) is 14.6 Å². The van der Waals surface area contributed by atoms with E-state index in [1.165, 1.54) is 19.3 Å². The van der Waals surface area contributed by atoms with Gasteiger partial charge in [0.05, 0.1) is 5.69 Å². The van der Waals surface area contributed by atoms with Gasteiger partial charge in [-0.15, -0.1) is 0 Å². The van der Waals surface area contributed by atoms with Crippen molar-refractivity contribution >= 4 is 17.3 Å². The Kier molecular flexibility index (Phi) is 9.52. The second-order valence-electron chi connectivity index (χ2n) is 8.36. The number of hydrogen-bond acceptors (Lipinski definition) is 4. The number of carbonyl (C=O) groups excluding carboxylic acids is 2. The standard InChI is InChI=1S/C24H37N3O2/c1-5-19(17-18(3)4)22-21(11-10-12-25-22)20(6-2)23(28)24(29)26-13-16-27-14-8-7-9-15-27/h6,10-12,18-19H,5,7-9,13-17H2,1-4H3,(H,26,29). The van der Waals surface area contributed by atoms with Crippen LogP contribution in [0.25, 0.3) is 5.57 Å². The first-order chi connectivity index (χ1) is 14.0. The van der Waals surface area contributed by atoms with Crippen LogP contribution < -0.4 is 5.32 Å². The highest BCUT2D eigenvalue weighted by molar-refractivity contribution is 6.53. The second-order valence-corrected chi connectivity index (χ2v) is 8.36. The molecule has 5 heteroatoms. The molecule has 2 heterocycles. The van der Waals surface area contributed by atoms with E-state index in [0.717, 1.165) is 43.7 Å². The number of nitrogens with zero attached hydrogens (tertiary/aromatic N) is 2. The molecule has 0 bridgehead atoms. The van der Waals surface area contributed by atoms with Crippen LogP contribution in [0.15, 0.2) is 24.4 Å². The van der Waals surface area contributed by atoms with Crippen LogP contribution in [0.1, 0.15) is 77.0 Å². The van der Waals surface area contributed by atoms with Crippen LogP contribution in [-0.2, 0) is 9.59 Å². The Bertz CT molecular complexity index is 706. The summed E-state index contributed by atoms with van der Waals surface area (Å²) in [6.07, 6.45) is 9.20. The quantitative estimate of drug-likeness (QED) is 0.473. The van der Waals surface area contributed by atoms with Crippen LogP contribution >= 0.6 is 0 Å². The summed E-state index contributed by atoms with van der Waals surface area (Å²) in [6.45, 7) is 11.8. The van der Waals surface area contributed by atoms with E-state index in [2.05, 4.69) is 36.0 Å². The molecule has 0 spiro atoms. The van der Waals surface area contributed by atoms with E-state index in [-0.39, 0.29) is 5.92 Å². The van der Waals surface area contributed by atoms with E-state index >= 15 is 0 Å². The van der Waals surface area contributed by atoms with Crippen molar-refractivity contribution in [1.82, 2.24) is 15.2 Å². The Morgan fingerprint density at radius 2 is 1.97 bits per heavy atom. The van der Waals surface area contributed by atoms with E-state index < -0.39 is 11.7 Å². The summed E-state index contributed by atoms with van der Waals surface area (Å²) in [5.41, 5.74) is 2.16. The molecule has 1 saturated heterocycles. The molecule has 1 aliphatic heterocycles. The van der Waals surface area contributed by atoms with E-state index in [1.54, 1.807) is 12.3 Å². The van der Waals surface area contributed by atoms with Gasteiger partial charge in [-0.2, -0.15) is 0 Å². The number of Topliss-reactive ketones (excluding diaryl/α,β-unsaturated/α-hetero) is 1. The highest BCUT2D eigenvalue weighted by Crippen LogP contribution is 2.31. The van der Waals surface area contributed by atoms with Gasteiger partial charge in [0.25, 0.3) is 5.91 Å². The molecule has 1 unspecified atom stereocenters. The number of allylic oxidation sites excluding steroid dienone is 1. The molecule has 1 N–H and O–H groups in total. The van der Waals surface area contributed by atoms with Crippen molar-refractivity contribution in [1.29, 1.82) is 0 Å². The summed E-state index contributed by atoms with van der Waals surface area (Å²) >= 11 is 0. The molecule has 1 aromatic rings. The Balaban J connectivity index is 2.07. The maximum absolute atomic E-state index is 12.9. The number of amides is 1. The van der Waals surface area contributed by atoms with E-state index in [9.17, 15) is 9.59 Å². The maximum Gasteiger partial charge on any atom is 0.292 e. The molecule has 1 aliphatic rings. The Morgan fingerprint density at radius 1 is 1.24 bits per heavy atom.